The molecule has 0 spiro atoms. The van der Waals surface area contributed by atoms with Crippen molar-refractivity contribution >= 4 is 23.5 Å². The van der Waals surface area contributed by atoms with E-state index in [2.05, 4.69) is 17.4 Å². The minimum Gasteiger partial charge on any atom is -0.478 e. The molecule has 0 aromatic heterocycles. The van der Waals surface area contributed by atoms with Crippen LogP contribution >= 0.6 is 0 Å². The first kappa shape index (κ1) is 23.8. The zero-order valence-electron chi connectivity index (χ0n) is 19.8. The Balaban J connectivity index is 1.56. The molecule has 0 bridgehead atoms. The lowest BCUT2D eigenvalue weighted by atomic mass is 9.79. The topological polar surface area (TPSA) is 136 Å². The second kappa shape index (κ2) is 9.62. The van der Waals surface area contributed by atoms with Gasteiger partial charge in [0.15, 0.2) is 0 Å². The number of anilines is 1. The first-order chi connectivity index (χ1) is 17.8. The van der Waals surface area contributed by atoms with Gasteiger partial charge in [-0.15, -0.1) is 0 Å². The van der Waals surface area contributed by atoms with E-state index in [1.54, 1.807) is 6.07 Å². The van der Waals surface area contributed by atoms with Crippen LogP contribution in [-0.4, -0.2) is 28.0 Å². The highest BCUT2D eigenvalue weighted by Gasteiger charge is 2.29. The van der Waals surface area contributed by atoms with Crippen molar-refractivity contribution in [3.05, 3.63) is 124 Å². The van der Waals surface area contributed by atoms with Crippen molar-refractivity contribution in [2.24, 2.45) is 5.73 Å². The largest absolute Gasteiger partial charge is 0.478 e. The number of benzene rings is 4. The van der Waals surface area contributed by atoms with Gasteiger partial charge in [-0.25, -0.2) is 9.59 Å². The van der Waals surface area contributed by atoms with Crippen molar-refractivity contribution in [1.29, 1.82) is 5.41 Å². The maximum absolute atomic E-state index is 11.9. The summed E-state index contributed by atoms with van der Waals surface area (Å²) in [5.74, 6) is -2.27. The fourth-order valence-corrected chi connectivity index (χ4v) is 5.01. The van der Waals surface area contributed by atoms with Crippen molar-refractivity contribution in [3.8, 4) is 11.1 Å². The summed E-state index contributed by atoms with van der Waals surface area (Å²) >= 11 is 0. The predicted molar refractivity (Wildman–Crippen MR) is 143 cm³/mol. The monoisotopic (exact) mass is 491 g/mol. The first-order valence-electron chi connectivity index (χ1n) is 11.8. The van der Waals surface area contributed by atoms with Gasteiger partial charge < -0.3 is 21.3 Å². The van der Waals surface area contributed by atoms with Gasteiger partial charge in [0.25, 0.3) is 0 Å². The Bertz CT molecular complexity index is 1530. The van der Waals surface area contributed by atoms with Gasteiger partial charge in [0, 0.05) is 17.2 Å². The van der Waals surface area contributed by atoms with Crippen LogP contribution in [0.15, 0.2) is 91.0 Å². The zero-order chi connectivity index (χ0) is 26.1. The van der Waals surface area contributed by atoms with E-state index >= 15 is 0 Å². The van der Waals surface area contributed by atoms with Crippen molar-refractivity contribution in [3.63, 3.8) is 0 Å². The van der Waals surface area contributed by atoms with Crippen molar-refractivity contribution in [2.75, 3.05) is 5.32 Å². The second-order valence-electron chi connectivity index (χ2n) is 9.11. The van der Waals surface area contributed by atoms with Crippen LogP contribution in [0, 0.1) is 5.41 Å². The predicted octanol–water partition coefficient (Wildman–Crippen LogP) is 5.72. The Kier molecular flexibility index (Phi) is 6.19. The minimum atomic E-state index is -1.18. The molecule has 7 nitrogen and oxygen atoms in total. The number of aromatic carboxylic acids is 2. The summed E-state index contributed by atoms with van der Waals surface area (Å²) in [6, 6.07) is 27.7. The third-order valence-corrected chi connectivity index (χ3v) is 6.84. The van der Waals surface area contributed by atoms with Crippen LogP contribution in [0.25, 0.3) is 11.1 Å². The average Bonchev–Trinajstić information content (AvgIpc) is 2.92. The van der Waals surface area contributed by atoms with E-state index in [1.807, 2.05) is 60.7 Å². The SMILES string of the molecule is N=C(N)c1ccc2c(c1)[C@@H](c1ccccc1)C[C@@H](c1cccc(-c3ccc(C(=O)O)cc3C(=O)O)c1)N2. The molecule has 7 heteroatoms. The number of rotatable bonds is 6. The highest BCUT2D eigenvalue weighted by molar-refractivity contribution is 5.99. The van der Waals surface area contributed by atoms with Gasteiger partial charge in [0.05, 0.1) is 17.2 Å². The summed E-state index contributed by atoms with van der Waals surface area (Å²) < 4.78 is 0. The molecule has 0 amide bonds. The van der Waals surface area contributed by atoms with Crippen molar-refractivity contribution in [1.82, 2.24) is 0 Å². The van der Waals surface area contributed by atoms with Gasteiger partial charge in [-0.2, -0.15) is 0 Å². The number of hydrogen-bond donors (Lipinski definition) is 5. The Morgan fingerprint density at radius 1 is 0.811 bits per heavy atom. The molecule has 184 valence electrons. The standard InChI is InChI=1S/C30H25N3O4/c31-28(32)20-10-12-26-24(14-20)23(17-5-2-1-3-6-17)16-27(33-26)19-8-4-7-18(13-19)22-11-9-21(29(34)35)15-25(22)30(36)37/h1-15,23,27,33H,16H2,(H3,31,32)(H,34,35)(H,36,37)/t23-,27+/m1/s1. The van der Waals surface area contributed by atoms with E-state index in [9.17, 15) is 19.8 Å². The van der Waals surface area contributed by atoms with Crippen LogP contribution in [0.1, 0.15) is 61.4 Å². The van der Waals surface area contributed by atoms with E-state index < -0.39 is 11.9 Å². The molecule has 0 fully saturated rings. The highest BCUT2D eigenvalue weighted by atomic mass is 16.4. The van der Waals surface area contributed by atoms with E-state index in [0.29, 0.717) is 16.7 Å². The van der Waals surface area contributed by atoms with Crippen LogP contribution < -0.4 is 11.1 Å². The molecule has 4 aromatic carbocycles. The van der Waals surface area contributed by atoms with Crippen LogP contribution in [0.4, 0.5) is 5.69 Å². The third-order valence-electron chi connectivity index (χ3n) is 6.84. The summed E-state index contributed by atoms with van der Waals surface area (Å²) in [6.07, 6.45) is 0.742. The van der Waals surface area contributed by atoms with Gasteiger partial charge in [-0.1, -0.05) is 54.6 Å². The van der Waals surface area contributed by atoms with Crippen LogP contribution in [0.5, 0.6) is 0 Å². The molecule has 37 heavy (non-hydrogen) atoms. The molecule has 4 aromatic rings. The van der Waals surface area contributed by atoms with Crippen molar-refractivity contribution in [2.45, 2.75) is 18.4 Å². The molecule has 6 N–H and O–H groups in total. The number of carboxylic acid groups (broad SMARTS) is 2. The smallest absolute Gasteiger partial charge is 0.336 e. The molecule has 0 radical (unpaired) electrons. The Hall–Kier alpha value is -4.91. The Morgan fingerprint density at radius 2 is 1.54 bits per heavy atom. The van der Waals surface area contributed by atoms with Gasteiger partial charge in [-0.3, -0.25) is 5.41 Å². The van der Waals surface area contributed by atoms with Gasteiger partial charge in [-0.05, 0) is 70.6 Å². The molecule has 0 saturated carbocycles. The molecule has 0 aliphatic carbocycles. The summed E-state index contributed by atoms with van der Waals surface area (Å²) in [6.45, 7) is 0. The average molecular weight is 492 g/mol. The molecule has 1 aliphatic rings. The van der Waals surface area contributed by atoms with Crippen LogP contribution in [0.2, 0.25) is 0 Å². The molecule has 0 saturated heterocycles. The number of carboxylic acids is 2. The van der Waals surface area contributed by atoms with E-state index in [4.69, 9.17) is 11.1 Å². The number of fused-ring (bicyclic) bond motifs is 1. The fourth-order valence-electron chi connectivity index (χ4n) is 5.01. The maximum Gasteiger partial charge on any atom is 0.336 e. The number of nitrogens with two attached hydrogens (primary N) is 1. The Labute approximate surface area is 213 Å². The summed E-state index contributed by atoms with van der Waals surface area (Å²) in [5.41, 5.74) is 11.6. The van der Waals surface area contributed by atoms with E-state index in [-0.39, 0.29) is 28.9 Å². The molecule has 1 aliphatic heterocycles. The molecular formula is C30H25N3O4. The zero-order valence-corrected chi connectivity index (χ0v) is 19.8. The second-order valence-corrected chi connectivity index (χ2v) is 9.11. The number of amidine groups is 1. The maximum atomic E-state index is 11.9. The number of hydrogen-bond acceptors (Lipinski definition) is 4. The molecule has 0 unspecified atom stereocenters. The molecule has 5 rings (SSSR count). The summed E-state index contributed by atoms with van der Waals surface area (Å²) in [7, 11) is 0. The normalized spacial score (nSPS) is 16.3. The number of nitrogens with one attached hydrogen (secondary N) is 2. The third kappa shape index (κ3) is 4.67. The summed E-state index contributed by atoms with van der Waals surface area (Å²) in [5, 5.41) is 30.5. The Morgan fingerprint density at radius 3 is 2.24 bits per heavy atom. The lowest BCUT2D eigenvalue weighted by Gasteiger charge is -2.34. The quantitative estimate of drug-likeness (QED) is 0.173. The van der Waals surface area contributed by atoms with E-state index in [0.717, 1.165) is 28.8 Å². The van der Waals surface area contributed by atoms with Gasteiger partial charge >= 0.3 is 11.9 Å². The van der Waals surface area contributed by atoms with Gasteiger partial charge in [0.2, 0.25) is 0 Å². The molecular weight excluding hydrogens is 466 g/mol. The highest BCUT2D eigenvalue weighted by Crippen LogP contribution is 2.44. The van der Waals surface area contributed by atoms with Crippen LogP contribution in [0.3, 0.4) is 0 Å². The molecule has 2 atom stereocenters. The number of carbonyl (C=O) groups is 2. The van der Waals surface area contributed by atoms with Gasteiger partial charge in [0.1, 0.15) is 5.84 Å². The summed E-state index contributed by atoms with van der Waals surface area (Å²) in [4.78, 5) is 23.3. The van der Waals surface area contributed by atoms with Crippen LogP contribution in [-0.2, 0) is 0 Å². The number of nitrogen functional groups attached to an aromatic ring is 1. The molecule has 1 heterocycles. The van der Waals surface area contributed by atoms with E-state index in [1.165, 1.54) is 12.1 Å². The lowest BCUT2D eigenvalue weighted by molar-refractivity contribution is 0.0696. The fraction of sp³-hybridized carbons (Fsp3) is 0.100. The van der Waals surface area contributed by atoms with Crippen molar-refractivity contribution < 1.29 is 19.8 Å². The first-order valence-corrected chi connectivity index (χ1v) is 11.8. The minimum absolute atomic E-state index is 0.0209. The lowest BCUT2D eigenvalue weighted by Crippen LogP contribution is -2.23.